The van der Waals surface area contributed by atoms with Crippen LogP contribution in [0.1, 0.15) is 265 Å². The van der Waals surface area contributed by atoms with Crippen molar-refractivity contribution in [1.29, 1.82) is 0 Å². The van der Waals surface area contributed by atoms with Crippen molar-refractivity contribution >= 4 is 17.9 Å². The fourth-order valence-corrected chi connectivity index (χ4v) is 7.27. The molecule has 0 N–H and O–H groups in total. The topological polar surface area (TPSA) is 78.9 Å². The molecule has 0 spiro atoms. The minimum atomic E-state index is -0.770. The lowest BCUT2D eigenvalue weighted by atomic mass is 10.0. The largest absolute Gasteiger partial charge is 0.462 e. The maximum Gasteiger partial charge on any atom is 0.306 e. The van der Waals surface area contributed by atoms with Gasteiger partial charge in [-0.25, -0.2) is 0 Å². The van der Waals surface area contributed by atoms with E-state index in [0.29, 0.717) is 19.3 Å². The Morgan fingerprint density at radius 3 is 0.983 bits per heavy atom. The predicted octanol–water partition coefficient (Wildman–Crippen LogP) is 16.5. The Hall–Kier alpha value is -2.37. The van der Waals surface area contributed by atoms with Crippen LogP contribution in [0, 0.1) is 0 Å². The molecule has 1 unspecified atom stereocenters. The van der Waals surface area contributed by atoms with Gasteiger partial charge in [-0.2, -0.15) is 0 Å². The minimum Gasteiger partial charge on any atom is -0.462 e. The molecule has 0 aliphatic carbocycles. The molecule has 0 aromatic heterocycles. The van der Waals surface area contributed by atoms with Gasteiger partial charge in [-0.15, -0.1) is 0 Å². The van der Waals surface area contributed by atoms with E-state index in [1.807, 2.05) is 0 Å². The Morgan fingerprint density at radius 2 is 0.610 bits per heavy atom. The summed E-state index contributed by atoms with van der Waals surface area (Å²) in [6, 6.07) is 0. The molecule has 0 fully saturated rings. The van der Waals surface area contributed by atoms with Gasteiger partial charge in [0.25, 0.3) is 0 Å². The molecule has 59 heavy (non-hydrogen) atoms. The number of hydrogen-bond donors (Lipinski definition) is 0. The summed E-state index contributed by atoms with van der Waals surface area (Å²) in [5, 5.41) is 0. The minimum absolute atomic E-state index is 0.0740. The van der Waals surface area contributed by atoms with Crippen molar-refractivity contribution in [2.45, 2.75) is 271 Å². The maximum absolute atomic E-state index is 12.7. The average molecular weight is 829 g/mol. The lowest BCUT2D eigenvalue weighted by molar-refractivity contribution is -0.167. The summed E-state index contributed by atoms with van der Waals surface area (Å²) in [5.74, 6) is -0.887. The van der Waals surface area contributed by atoms with Crippen molar-refractivity contribution in [3.8, 4) is 0 Å². The fraction of sp³-hybridized carbons (Fsp3) is 0.830. The van der Waals surface area contributed by atoms with E-state index in [0.717, 1.165) is 77.0 Å². The van der Waals surface area contributed by atoms with Crippen LogP contribution in [0.5, 0.6) is 0 Å². The predicted molar refractivity (Wildman–Crippen MR) is 252 cm³/mol. The summed E-state index contributed by atoms with van der Waals surface area (Å²) in [5.41, 5.74) is 0. The van der Waals surface area contributed by atoms with Gasteiger partial charge < -0.3 is 14.2 Å². The summed E-state index contributed by atoms with van der Waals surface area (Å²) in [7, 11) is 0. The summed E-state index contributed by atoms with van der Waals surface area (Å²) in [4.78, 5) is 37.7. The van der Waals surface area contributed by atoms with Crippen LogP contribution in [-0.4, -0.2) is 37.2 Å². The Labute approximate surface area is 365 Å². The van der Waals surface area contributed by atoms with Gasteiger partial charge in [-0.3, -0.25) is 14.4 Å². The van der Waals surface area contributed by atoms with Gasteiger partial charge in [-0.1, -0.05) is 224 Å². The van der Waals surface area contributed by atoms with E-state index in [1.54, 1.807) is 0 Å². The van der Waals surface area contributed by atoms with Gasteiger partial charge in [0.1, 0.15) is 13.2 Å². The highest BCUT2D eigenvalue weighted by molar-refractivity contribution is 5.71. The zero-order valence-corrected chi connectivity index (χ0v) is 39.3. The van der Waals surface area contributed by atoms with E-state index in [1.165, 1.54) is 148 Å². The van der Waals surface area contributed by atoms with E-state index >= 15 is 0 Å². The smallest absolute Gasteiger partial charge is 0.306 e. The number of allylic oxidation sites excluding steroid dienone is 6. The first-order chi connectivity index (χ1) is 29.0. The second-order valence-corrected chi connectivity index (χ2v) is 17.1. The Balaban J connectivity index is 4.22. The molecule has 344 valence electrons. The number of hydrogen-bond acceptors (Lipinski definition) is 6. The third-order valence-electron chi connectivity index (χ3n) is 11.1. The molecule has 0 saturated heterocycles. The van der Waals surface area contributed by atoms with Crippen LogP contribution in [0.3, 0.4) is 0 Å². The maximum atomic E-state index is 12.7. The molecule has 0 heterocycles. The first kappa shape index (κ1) is 56.6. The molecule has 0 aromatic carbocycles. The number of carbonyl (C=O) groups excluding carboxylic acids is 3. The third-order valence-corrected chi connectivity index (χ3v) is 11.1. The molecular formula is C53H96O6. The summed E-state index contributed by atoms with van der Waals surface area (Å²) >= 11 is 0. The van der Waals surface area contributed by atoms with Crippen LogP contribution in [0.2, 0.25) is 0 Å². The second kappa shape index (κ2) is 48.3. The summed E-state index contributed by atoms with van der Waals surface area (Å²) < 4.78 is 16.7. The highest BCUT2D eigenvalue weighted by Gasteiger charge is 2.19. The molecule has 0 aromatic rings. The van der Waals surface area contributed by atoms with Crippen molar-refractivity contribution < 1.29 is 28.6 Å². The monoisotopic (exact) mass is 829 g/mol. The van der Waals surface area contributed by atoms with E-state index in [4.69, 9.17) is 14.2 Å². The Bertz CT molecular complexity index is 1000. The van der Waals surface area contributed by atoms with Gasteiger partial charge >= 0.3 is 17.9 Å². The normalized spacial score (nSPS) is 12.3. The number of esters is 3. The van der Waals surface area contributed by atoms with Gasteiger partial charge in [0.15, 0.2) is 6.10 Å². The van der Waals surface area contributed by atoms with Crippen LogP contribution >= 0.6 is 0 Å². The van der Waals surface area contributed by atoms with Gasteiger partial charge in [0.2, 0.25) is 0 Å². The molecule has 0 rings (SSSR count). The van der Waals surface area contributed by atoms with Gasteiger partial charge in [0.05, 0.1) is 0 Å². The zero-order valence-electron chi connectivity index (χ0n) is 39.3. The number of ether oxygens (including phenoxy) is 3. The molecule has 0 radical (unpaired) electrons. The van der Waals surface area contributed by atoms with Crippen LogP contribution in [0.25, 0.3) is 0 Å². The molecule has 0 aliphatic rings. The van der Waals surface area contributed by atoms with E-state index in [9.17, 15) is 14.4 Å². The van der Waals surface area contributed by atoms with Crippen molar-refractivity contribution in [3.63, 3.8) is 0 Å². The lowest BCUT2D eigenvalue weighted by Crippen LogP contribution is -2.30. The second-order valence-electron chi connectivity index (χ2n) is 17.1. The molecule has 1 atom stereocenters. The molecule has 0 saturated carbocycles. The third kappa shape index (κ3) is 46.5. The molecule has 0 aliphatic heterocycles. The van der Waals surface area contributed by atoms with Crippen LogP contribution in [0.4, 0.5) is 0 Å². The molecule has 0 amide bonds. The number of carbonyl (C=O) groups is 3. The highest BCUT2D eigenvalue weighted by atomic mass is 16.6. The van der Waals surface area contributed by atoms with E-state index in [-0.39, 0.29) is 31.1 Å². The highest BCUT2D eigenvalue weighted by Crippen LogP contribution is 2.15. The summed E-state index contributed by atoms with van der Waals surface area (Å²) in [6.45, 7) is 6.56. The van der Waals surface area contributed by atoms with Crippen LogP contribution in [0.15, 0.2) is 36.5 Å². The standard InChI is InChI=1S/C53H96O6/c1-4-7-10-13-16-18-20-22-24-26-27-28-30-31-33-35-37-40-43-46-52(55)58-49-50(48-57-51(54)45-42-39-15-12-9-6-3)59-53(56)47-44-41-38-36-34-32-29-25-23-21-19-17-14-11-8-5-2/h16,18,22,24,27-28,50H,4-15,17,19-21,23,25-26,29-49H2,1-3H3/b18-16-,24-22-,28-27-. The summed E-state index contributed by atoms with van der Waals surface area (Å²) in [6.07, 6.45) is 55.8. The van der Waals surface area contributed by atoms with Crippen LogP contribution < -0.4 is 0 Å². The lowest BCUT2D eigenvalue weighted by Gasteiger charge is -2.18. The first-order valence-electron chi connectivity index (χ1n) is 25.5. The molecule has 0 bridgehead atoms. The molecule has 6 heteroatoms. The Morgan fingerprint density at radius 1 is 0.339 bits per heavy atom. The number of rotatable bonds is 46. The van der Waals surface area contributed by atoms with Crippen molar-refractivity contribution in [2.24, 2.45) is 0 Å². The zero-order chi connectivity index (χ0) is 43.0. The Kier molecular flexibility index (Phi) is 46.4. The first-order valence-corrected chi connectivity index (χ1v) is 25.5. The van der Waals surface area contributed by atoms with E-state index in [2.05, 4.69) is 57.2 Å². The SMILES string of the molecule is CCCCC/C=C\C/C=C\C/C=C\CCCCCCCCC(=O)OCC(COC(=O)CCCCCCCC)OC(=O)CCCCCCCCCCCCCCCCCC. The number of unbranched alkanes of at least 4 members (excludes halogenated alkanes) is 29. The van der Waals surface area contributed by atoms with Crippen molar-refractivity contribution in [3.05, 3.63) is 36.5 Å². The average Bonchev–Trinajstić information content (AvgIpc) is 3.23. The quantitative estimate of drug-likeness (QED) is 0.0263. The van der Waals surface area contributed by atoms with Crippen molar-refractivity contribution in [1.82, 2.24) is 0 Å². The van der Waals surface area contributed by atoms with Crippen LogP contribution in [-0.2, 0) is 28.6 Å². The fourth-order valence-electron chi connectivity index (χ4n) is 7.27. The van der Waals surface area contributed by atoms with Crippen molar-refractivity contribution in [2.75, 3.05) is 13.2 Å². The van der Waals surface area contributed by atoms with Gasteiger partial charge in [0, 0.05) is 19.3 Å². The van der Waals surface area contributed by atoms with Gasteiger partial charge in [-0.05, 0) is 57.8 Å². The van der Waals surface area contributed by atoms with E-state index < -0.39 is 6.10 Å². The molecular weight excluding hydrogens is 733 g/mol. The molecule has 6 nitrogen and oxygen atoms in total.